The summed E-state index contributed by atoms with van der Waals surface area (Å²) in [7, 11) is 0. The van der Waals surface area contributed by atoms with Crippen molar-refractivity contribution in [3.8, 4) is 22.6 Å². The van der Waals surface area contributed by atoms with Crippen LogP contribution in [0.1, 0.15) is 22.9 Å². The molecular weight excluding hydrogens is 327 g/mol. The van der Waals surface area contributed by atoms with Gasteiger partial charge in [-0.2, -0.15) is 0 Å². The van der Waals surface area contributed by atoms with Crippen molar-refractivity contribution in [3.63, 3.8) is 0 Å². The van der Waals surface area contributed by atoms with Crippen LogP contribution in [0.3, 0.4) is 0 Å². The first kappa shape index (κ1) is 16.2. The first-order chi connectivity index (χ1) is 12.7. The molecule has 4 rings (SSSR count). The molecule has 0 saturated heterocycles. The van der Waals surface area contributed by atoms with E-state index in [4.69, 9.17) is 4.42 Å². The van der Waals surface area contributed by atoms with Gasteiger partial charge in [-0.05, 0) is 25.1 Å². The van der Waals surface area contributed by atoms with Gasteiger partial charge < -0.3 is 4.42 Å². The van der Waals surface area contributed by atoms with Gasteiger partial charge in [-0.15, -0.1) is 0 Å². The molecule has 4 aromatic rings. The number of aromatic nitrogens is 2. The Morgan fingerprint density at radius 2 is 1.62 bits per heavy atom. The smallest absolute Gasteiger partial charge is 0.154 e. The molecule has 0 N–H and O–H groups in total. The van der Waals surface area contributed by atoms with Gasteiger partial charge in [0.25, 0.3) is 0 Å². The average molecular weight is 344 g/mol. The minimum Gasteiger partial charge on any atom is -0.456 e. The molecule has 0 aliphatic heterocycles. The van der Waals surface area contributed by atoms with Gasteiger partial charge in [0.1, 0.15) is 17.8 Å². The fourth-order valence-electron chi connectivity index (χ4n) is 2.97. The number of benzene rings is 2. The van der Waals surface area contributed by atoms with Crippen molar-refractivity contribution >= 4 is 0 Å². The largest absolute Gasteiger partial charge is 0.456 e. The van der Waals surface area contributed by atoms with Gasteiger partial charge in [-0.3, -0.25) is 0 Å². The predicted molar refractivity (Wildman–Crippen MR) is 99.3 cm³/mol. The van der Waals surface area contributed by atoms with E-state index < -0.39 is 6.17 Å². The van der Waals surface area contributed by atoms with Gasteiger partial charge in [0, 0.05) is 34.6 Å². The maximum Gasteiger partial charge on any atom is 0.154 e. The number of hydrogen-bond donors (Lipinski definition) is 0. The van der Waals surface area contributed by atoms with Gasteiger partial charge in [-0.25, -0.2) is 14.4 Å². The number of nitrogens with zero attached hydrogens (tertiary/aromatic N) is 2. The SMILES string of the molecule is Cc1ccc(C(F)c2cncnc2)c(-c2ccc(-c3ccccc3)o2)c1. The number of halogens is 1. The van der Waals surface area contributed by atoms with E-state index in [0.717, 1.165) is 22.5 Å². The van der Waals surface area contributed by atoms with Crippen LogP contribution in [0, 0.1) is 6.92 Å². The van der Waals surface area contributed by atoms with Gasteiger partial charge in [0.15, 0.2) is 6.17 Å². The Bertz CT molecular complexity index is 1010. The zero-order valence-electron chi connectivity index (χ0n) is 14.3. The van der Waals surface area contributed by atoms with Crippen molar-refractivity contribution in [2.75, 3.05) is 0 Å². The van der Waals surface area contributed by atoms with Crippen LogP contribution in [0.15, 0.2) is 83.8 Å². The summed E-state index contributed by atoms with van der Waals surface area (Å²) in [6.45, 7) is 1.98. The zero-order valence-corrected chi connectivity index (χ0v) is 14.3. The Morgan fingerprint density at radius 3 is 2.38 bits per heavy atom. The summed E-state index contributed by atoms with van der Waals surface area (Å²) in [5, 5.41) is 0. The molecule has 0 radical (unpaired) electrons. The molecule has 2 aromatic heterocycles. The van der Waals surface area contributed by atoms with Gasteiger partial charge in [-0.1, -0.05) is 48.0 Å². The first-order valence-electron chi connectivity index (χ1n) is 8.37. The molecule has 1 atom stereocenters. The van der Waals surface area contributed by atoms with Crippen molar-refractivity contribution in [2.24, 2.45) is 0 Å². The van der Waals surface area contributed by atoms with Crippen molar-refractivity contribution in [2.45, 2.75) is 13.1 Å². The standard InChI is InChI=1S/C22H17FN2O/c1-15-7-8-18(22(23)17-12-24-14-25-13-17)19(11-15)21-10-9-20(26-21)16-5-3-2-4-6-16/h2-14,22H,1H3. The van der Waals surface area contributed by atoms with E-state index in [9.17, 15) is 0 Å². The van der Waals surface area contributed by atoms with Crippen LogP contribution in [0.25, 0.3) is 22.6 Å². The molecule has 0 fully saturated rings. The summed E-state index contributed by atoms with van der Waals surface area (Å²) >= 11 is 0. The van der Waals surface area contributed by atoms with Crippen LogP contribution in [0.5, 0.6) is 0 Å². The van der Waals surface area contributed by atoms with Crippen molar-refractivity contribution in [1.29, 1.82) is 0 Å². The Kier molecular flexibility index (Phi) is 4.32. The molecule has 0 amide bonds. The summed E-state index contributed by atoms with van der Waals surface area (Å²) < 4.78 is 21.2. The van der Waals surface area contributed by atoms with Crippen molar-refractivity contribution in [1.82, 2.24) is 9.97 Å². The summed E-state index contributed by atoms with van der Waals surface area (Å²) in [5.74, 6) is 1.40. The van der Waals surface area contributed by atoms with Crippen LogP contribution < -0.4 is 0 Å². The van der Waals surface area contributed by atoms with Crippen LogP contribution >= 0.6 is 0 Å². The van der Waals surface area contributed by atoms with Crippen LogP contribution in [-0.4, -0.2) is 9.97 Å². The van der Waals surface area contributed by atoms with E-state index in [1.807, 2.05) is 61.5 Å². The Hall–Kier alpha value is -3.27. The van der Waals surface area contributed by atoms with E-state index in [2.05, 4.69) is 9.97 Å². The Balaban J connectivity index is 1.77. The third-order valence-electron chi connectivity index (χ3n) is 4.28. The molecule has 1 unspecified atom stereocenters. The van der Waals surface area contributed by atoms with E-state index in [1.54, 1.807) is 6.07 Å². The maximum atomic E-state index is 15.2. The molecule has 0 spiro atoms. The lowest BCUT2D eigenvalue weighted by molar-refractivity contribution is 0.400. The number of hydrogen-bond acceptors (Lipinski definition) is 3. The minimum absolute atomic E-state index is 0.424. The third kappa shape index (κ3) is 3.14. The Labute approximate surface area is 151 Å². The van der Waals surface area contributed by atoms with Gasteiger partial charge in [0.2, 0.25) is 0 Å². The zero-order chi connectivity index (χ0) is 17.9. The highest BCUT2D eigenvalue weighted by atomic mass is 19.1. The second-order valence-electron chi connectivity index (χ2n) is 6.15. The van der Waals surface area contributed by atoms with Crippen LogP contribution in [0.2, 0.25) is 0 Å². The summed E-state index contributed by atoms with van der Waals surface area (Å²) in [6.07, 6.45) is 3.07. The molecular formula is C22H17FN2O. The number of rotatable bonds is 4. The predicted octanol–water partition coefficient (Wildman–Crippen LogP) is 5.77. The highest BCUT2D eigenvalue weighted by Gasteiger charge is 2.20. The first-order valence-corrected chi connectivity index (χ1v) is 8.37. The van der Waals surface area contributed by atoms with Crippen LogP contribution in [-0.2, 0) is 0 Å². The maximum absolute atomic E-state index is 15.2. The van der Waals surface area contributed by atoms with Gasteiger partial charge in [0.05, 0.1) is 0 Å². The third-order valence-corrected chi connectivity index (χ3v) is 4.28. The molecule has 26 heavy (non-hydrogen) atoms. The summed E-state index contributed by atoms with van der Waals surface area (Å²) in [4.78, 5) is 7.84. The molecule has 2 aromatic carbocycles. The normalized spacial score (nSPS) is 12.1. The van der Waals surface area contributed by atoms with Crippen molar-refractivity contribution in [3.05, 3.63) is 96.1 Å². The van der Waals surface area contributed by atoms with Crippen LogP contribution in [0.4, 0.5) is 4.39 Å². The molecule has 2 heterocycles. The molecule has 128 valence electrons. The summed E-state index contributed by atoms with van der Waals surface area (Å²) in [5.41, 5.74) is 3.73. The number of alkyl halides is 1. The second kappa shape index (κ2) is 6.92. The highest BCUT2D eigenvalue weighted by Crippen LogP contribution is 2.37. The number of furan rings is 1. The molecule has 0 aliphatic rings. The highest BCUT2D eigenvalue weighted by molar-refractivity contribution is 5.68. The molecule has 0 saturated carbocycles. The molecule has 0 bridgehead atoms. The quantitative estimate of drug-likeness (QED) is 0.472. The lowest BCUT2D eigenvalue weighted by atomic mass is 9.96. The fourth-order valence-corrected chi connectivity index (χ4v) is 2.97. The topological polar surface area (TPSA) is 38.9 Å². The van der Waals surface area contributed by atoms with Gasteiger partial charge >= 0.3 is 0 Å². The van der Waals surface area contributed by atoms with Crippen molar-refractivity contribution < 1.29 is 8.81 Å². The lowest BCUT2D eigenvalue weighted by Gasteiger charge is -2.13. The lowest BCUT2D eigenvalue weighted by Crippen LogP contribution is -1.99. The second-order valence-corrected chi connectivity index (χ2v) is 6.15. The Morgan fingerprint density at radius 1 is 0.885 bits per heavy atom. The minimum atomic E-state index is -1.32. The average Bonchev–Trinajstić information content (AvgIpc) is 3.19. The number of aryl methyl sites for hydroxylation is 1. The molecule has 3 nitrogen and oxygen atoms in total. The van der Waals surface area contributed by atoms with E-state index in [1.165, 1.54) is 18.7 Å². The van der Waals surface area contributed by atoms with E-state index in [0.29, 0.717) is 16.9 Å². The fraction of sp³-hybridized carbons (Fsp3) is 0.0909. The molecule has 0 aliphatic carbocycles. The monoisotopic (exact) mass is 344 g/mol. The van der Waals surface area contributed by atoms with E-state index >= 15 is 4.39 Å². The van der Waals surface area contributed by atoms with E-state index in [-0.39, 0.29) is 0 Å². The molecule has 4 heteroatoms. The summed E-state index contributed by atoms with van der Waals surface area (Å²) in [6, 6.07) is 19.3.